The van der Waals surface area contributed by atoms with Gasteiger partial charge in [0.2, 0.25) is 5.88 Å². The van der Waals surface area contributed by atoms with E-state index in [0.29, 0.717) is 0 Å². The van der Waals surface area contributed by atoms with Crippen LogP contribution in [0.2, 0.25) is 0 Å². The maximum Gasteiger partial charge on any atom is 0.216 e. The van der Waals surface area contributed by atoms with E-state index in [4.69, 9.17) is 4.74 Å². The number of rotatable bonds is 5. The number of methoxy groups -OCH3 is 1. The third-order valence-electron chi connectivity index (χ3n) is 4.26. The summed E-state index contributed by atoms with van der Waals surface area (Å²) in [5, 5.41) is 8.00. The second kappa shape index (κ2) is 6.42. The third kappa shape index (κ3) is 3.50. The summed E-state index contributed by atoms with van der Waals surface area (Å²) in [6, 6.07) is 0. The molecule has 19 heavy (non-hydrogen) atoms. The molecule has 1 heterocycles. The lowest BCUT2D eigenvalue weighted by Crippen LogP contribution is -2.26. The zero-order chi connectivity index (χ0) is 13.8. The third-order valence-corrected chi connectivity index (χ3v) is 4.26. The molecular weight excluding hydrogens is 238 g/mol. The van der Waals surface area contributed by atoms with Crippen LogP contribution in [0.3, 0.4) is 0 Å². The van der Waals surface area contributed by atoms with Gasteiger partial charge in [0.05, 0.1) is 18.4 Å². The van der Waals surface area contributed by atoms with Crippen molar-refractivity contribution in [1.82, 2.24) is 15.1 Å². The van der Waals surface area contributed by atoms with Gasteiger partial charge in [0, 0.05) is 13.6 Å². The Kier molecular flexibility index (Phi) is 4.86. The Morgan fingerprint density at radius 2 is 2.21 bits per heavy atom. The van der Waals surface area contributed by atoms with Crippen LogP contribution in [0.1, 0.15) is 43.9 Å². The lowest BCUT2D eigenvalue weighted by molar-refractivity contribution is 0.273. The molecule has 1 saturated carbocycles. The maximum atomic E-state index is 5.42. The van der Waals surface area contributed by atoms with Crippen molar-refractivity contribution in [2.45, 2.75) is 46.1 Å². The topological polar surface area (TPSA) is 39.1 Å². The Morgan fingerprint density at radius 3 is 2.89 bits per heavy atom. The van der Waals surface area contributed by atoms with Crippen molar-refractivity contribution in [3.05, 3.63) is 11.3 Å². The smallest absolute Gasteiger partial charge is 0.216 e. The summed E-state index contributed by atoms with van der Waals surface area (Å²) in [6.45, 7) is 6.39. The Labute approximate surface area is 116 Å². The van der Waals surface area contributed by atoms with E-state index >= 15 is 0 Å². The van der Waals surface area contributed by atoms with Gasteiger partial charge in [-0.05, 0) is 38.1 Å². The van der Waals surface area contributed by atoms with E-state index in [1.54, 1.807) is 7.11 Å². The van der Waals surface area contributed by atoms with Crippen molar-refractivity contribution < 1.29 is 4.74 Å². The molecule has 0 aliphatic heterocycles. The van der Waals surface area contributed by atoms with E-state index in [1.807, 2.05) is 18.7 Å². The molecule has 108 valence electrons. The first-order chi connectivity index (χ1) is 9.11. The molecule has 4 heteroatoms. The van der Waals surface area contributed by atoms with Crippen LogP contribution in [0.15, 0.2) is 0 Å². The fourth-order valence-electron chi connectivity index (χ4n) is 3.29. The molecule has 0 spiro atoms. The highest BCUT2D eigenvalue weighted by atomic mass is 16.5. The average molecular weight is 265 g/mol. The standard InChI is InChI=1S/C15H27N3O/c1-11-6-5-7-13(8-11)9-16-10-14-12(2)17-18(3)15(14)19-4/h11,13,16H,5-10H2,1-4H3. The van der Waals surface area contributed by atoms with Gasteiger partial charge in [0.1, 0.15) is 0 Å². The first-order valence-corrected chi connectivity index (χ1v) is 7.39. The second-order valence-electron chi connectivity index (χ2n) is 5.97. The number of aromatic nitrogens is 2. The van der Waals surface area contributed by atoms with Crippen molar-refractivity contribution in [2.24, 2.45) is 18.9 Å². The van der Waals surface area contributed by atoms with Crippen molar-refractivity contribution in [1.29, 1.82) is 0 Å². The van der Waals surface area contributed by atoms with Crippen LogP contribution in [0.5, 0.6) is 5.88 Å². The number of nitrogens with one attached hydrogen (secondary N) is 1. The molecule has 4 nitrogen and oxygen atoms in total. The molecule has 1 aliphatic carbocycles. The molecule has 1 N–H and O–H groups in total. The van der Waals surface area contributed by atoms with Crippen molar-refractivity contribution in [3.8, 4) is 5.88 Å². The molecule has 1 fully saturated rings. The molecule has 1 aromatic rings. The van der Waals surface area contributed by atoms with Gasteiger partial charge in [0.15, 0.2) is 0 Å². The fraction of sp³-hybridized carbons (Fsp3) is 0.800. The van der Waals surface area contributed by atoms with Crippen LogP contribution >= 0.6 is 0 Å². The Balaban J connectivity index is 1.85. The number of aryl methyl sites for hydroxylation is 2. The highest BCUT2D eigenvalue weighted by Gasteiger charge is 2.19. The molecule has 0 bridgehead atoms. The molecule has 0 amide bonds. The fourth-order valence-corrected chi connectivity index (χ4v) is 3.29. The Hall–Kier alpha value is -1.03. The molecule has 2 atom stereocenters. The van der Waals surface area contributed by atoms with Gasteiger partial charge in [0.25, 0.3) is 0 Å². The van der Waals surface area contributed by atoms with E-state index in [0.717, 1.165) is 36.5 Å². The van der Waals surface area contributed by atoms with Crippen molar-refractivity contribution in [3.63, 3.8) is 0 Å². The summed E-state index contributed by atoms with van der Waals surface area (Å²) < 4.78 is 7.23. The van der Waals surface area contributed by atoms with Crippen LogP contribution in [0.4, 0.5) is 0 Å². The van der Waals surface area contributed by atoms with Crippen LogP contribution in [-0.2, 0) is 13.6 Å². The van der Waals surface area contributed by atoms with Crippen LogP contribution in [0.25, 0.3) is 0 Å². The normalized spacial score (nSPS) is 23.6. The van der Waals surface area contributed by atoms with Crippen LogP contribution in [0, 0.1) is 18.8 Å². The van der Waals surface area contributed by atoms with Gasteiger partial charge >= 0.3 is 0 Å². The Morgan fingerprint density at radius 1 is 1.42 bits per heavy atom. The van der Waals surface area contributed by atoms with Crippen molar-refractivity contribution in [2.75, 3.05) is 13.7 Å². The highest BCUT2D eigenvalue weighted by molar-refractivity contribution is 5.30. The zero-order valence-corrected chi connectivity index (χ0v) is 12.7. The Bertz CT molecular complexity index is 414. The summed E-state index contributed by atoms with van der Waals surface area (Å²) in [5.41, 5.74) is 2.25. The first kappa shape index (κ1) is 14.4. The van der Waals surface area contributed by atoms with Gasteiger partial charge in [-0.1, -0.05) is 19.8 Å². The molecule has 2 rings (SSSR count). The number of hydrogen-bond donors (Lipinski definition) is 1. The minimum atomic E-state index is 0.840. The van der Waals surface area contributed by atoms with E-state index < -0.39 is 0 Å². The quantitative estimate of drug-likeness (QED) is 0.889. The molecule has 1 aromatic heterocycles. The molecule has 1 aliphatic rings. The summed E-state index contributed by atoms with van der Waals surface area (Å²) in [6.07, 6.45) is 5.55. The van der Waals surface area contributed by atoms with Crippen molar-refractivity contribution >= 4 is 0 Å². The van der Waals surface area contributed by atoms with Crippen LogP contribution in [-0.4, -0.2) is 23.4 Å². The van der Waals surface area contributed by atoms with Gasteiger partial charge in [-0.3, -0.25) is 0 Å². The molecular formula is C15H27N3O. The second-order valence-corrected chi connectivity index (χ2v) is 5.97. The number of nitrogens with zero attached hydrogens (tertiary/aromatic N) is 2. The van der Waals surface area contributed by atoms with Gasteiger partial charge in [-0.15, -0.1) is 0 Å². The summed E-state index contributed by atoms with van der Waals surface area (Å²) in [5.74, 6) is 2.61. The van der Waals surface area contributed by atoms with E-state index in [2.05, 4.69) is 17.3 Å². The lowest BCUT2D eigenvalue weighted by atomic mass is 9.82. The first-order valence-electron chi connectivity index (χ1n) is 7.39. The van der Waals surface area contributed by atoms with E-state index in [9.17, 15) is 0 Å². The minimum Gasteiger partial charge on any atom is -0.481 e. The zero-order valence-electron chi connectivity index (χ0n) is 12.7. The highest BCUT2D eigenvalue weighted by Crippen LogP contribution is 2.28. The molecule has 0 saturated heterocycles. The summed E-state index contributed by atoms with van der Waals surface area (Å²) in [4.78, 5) is 0. The number of ether oxygens (including phenoxy) is 1. The monoisotopic (exact) mass is 265 g/mol. The van der Waals surface area contributed by atoms with Crippen LogP contribution < -0.4 is 10.1 Å². The predicted octanol–water partition coefficient (Wildman–Crippen LogP) is 2.65. The predicted molar refractivity (Wildman–Crippen MR) is 77.3 cm³/mol. The molecule has 2 unspecified atom stereocenters. The van der Waals surface area contributed by atoms with Gasteiger partial charge < -0.3 is 10.1 Å². The SMILES string of the molecule is COc1c(CNCC2CCCC(C)C2)c(C)nn1C. The maximum absolute atomic E-state index is 5.42. The largest absolute Gasteiger partial charge is 0.481 e. The summed E-state index contributed by atoms with van der Waals surface area (Å²) >= 11 is 0. The average Bonchev–Trinajstić information content (AvgIpc) is 2.64. The minimum absolute atomic E-state index is 0.840. The van der Waals surface area contributed by atoms with Gasteiger partial charge in [-0.2, -0.15) is 5.10 Å². The molecule has 0 aromatic carbocycles. The van der Waals surface area contributed by atoms with E-state index in [-0.39, 0.29) is 0 Å². The van der Waals surface area contributed by atoms with Gasteiger partial charge in [-0.25, -0.2) is 4.68 Å². The lowest BCUT2D eigenvalue weighted by Gasteiger charge is -2.26. The van der Waals surface area contributed by atoms with E-state index in [1.165, 1.54) is 31.2 Å². The number of hydrogen-bond acceptors (Lipinski definition) is 3. The summed E-state index contributed by atoms with van der Waals surface area (Å²) in [7, 11) is 3.64. The molecule has 0 radical (unpaired) electrons.